The highest BCUT2D eigenvalue weighted by Gasteiger charge is 2.25. The highest BCUT2D eigenvalue weighted by atomic mass is 32.2. The van der Waals surface area contributed by atoms with Gasteiger partial charge in [0.05, 0.1) is 17.2 Å². The number of aryl methyl sites for hydroxylation is 1. The van der Waals surface area contributed by atoms with Crippen molar-refractivity contribution in [2.75, 3.05) is 35.2 Å². The van der Waals surface area contributed by atoms with E-state index in [1.807, 2.05) is 17.9 Å². The van der Waals surface area contributed by atoms with Crippen LogP contribution in [-0.2, 0) is 16.3 Å². The van der Waals surface area contributed by atoms with Crippen LogP contribution in [0.15, 0.2) is 24.7 Å². The molecule has 1 aliphatic heterocycles. The summed E-state index contributed by atoms with van der Waals surface area (Å²) in [5.41, 5.74) is 8.37. The van der Waals surface area contributed by atoms with E-state index in [9.17, 15) is 8.42 Å². The molecular weight excluding hydrogens is 314 g/mol. The predicted molar refractivity (Wildman–Crippen MR) is 89.9 cm³/mol. The molecule has 3 rings (SSSR count). The summed E-state index contributed by atoms with van der Waals surface area (Å²) in [5, 5.41) is 0. The Hall–Kier alpha value is -2.22. The minimum Gasteiger partial charge on any atom is -0.384 e. The average Bonchev–Trinajstić information content (AvgIpc) is 2.55. The quantitative estimate of drug-likeness (QED) is 0.891. The number of pyridine rings is 1. The van der Waals surface area contributed by atoms with Crippen molar-refractivity contribution in [1.82, 2.24) is 15.0 Å². The summed E-state index contributed by atoms with van der Waals surface area (Å²) in [5.74, 6) is 1.52. The van der Waals surface area contributed by atoms with Gasteiger partial charge in [-0.25, -0.2) is 23.4 Å². The van der Waals surface area contributed by atoms with Gasteiger partial charge in [-0.15, -0.1) is 0 Å². The number of nitrogens with zero attached hydrogens (tertiary/aromatic N) is 4. The molecule has 0 bridgehead atoms. The zero-order valence-electron chi connectivity index (χ0n) is 12.9. The van der Waals surface area contributed by atoms with Crippen LogP contribution in [0.3, 0.4) is 0 Å². The largest absolute Gasteiger partial charge is 0.384 e. The monoisotopic (exact) mass is 333 g/mol. The van der Waals surface area contributed by atoms with Crippen molar-refractivity contribution in [3.63, 3.8) is 0 Å². The molecule has 7 nitrogen and oxygen atoms in total. The van der Waals surface area contributed by atoms with Crippen LogP contribution in [0.5, 0.6) is 0 Å². The molecule has 8 heteroatoms. The third kappa shape index (κ3) is 3.26. The molecule has 1 fully saturated rings. The Morgan fingerprint density at radius 2 is 1.91 bits per heavy atom. The summed E-state index contributed by atoms with van der Waals surface area (Å²) in [7, 11) is -2.94. The van der Waals surface area contributed by atoms with Crippen molar-refractivity contribution in [3.05, 3.63) is 30.4 Å². The second kappa shape index (κ2) is 6.11. The average molecular weight is 333 g/mol. The summed E-state index contributed by atoms with van der Waals surface area (Å²) in [6.45, 7) is 2.91. The molecule has 0 unspecified atom stereocenters. The lowest BCUT2D eigenvalue weighted by Gasteiger charge is -2.29. The van der Waals surface area contributed by atoms with Crippen molar-refractivity contribution in [2.24, 2.45) is 0 Å². The van der Waals surface area contributed by atoms with Gasteiger partial charge in [0.25, 0.3) is 0 Å². The fraction of sp³-hybridized carbons (Fsp3) is 0.400. The zero-order chi connectivity index (χ0) is 16.4. The predicted octanol–water partition coefficient (Wildman–Crippen LogP) is 0.918. The maximum absolute atomic E-state index is 11.7. The van der Waals surface area contributed by atoms with Crippen molar-refractivity contribution >= 4 is 21.5 Å². The Balaban J connectivity index is 2.05. The normalized spacial score (nSPS) is 17.2. The topological polar surface area (TPSA) is 102 Å². The van der Waals surface area contributed by atoms with Gasteiger partial charge in [-0.3, -0.25) is 0 Å². The third-order valence-corrected chi connectivity index (χ3v) is 5.57. The van der Waals surface area contributed by atoms with E-state index >= 15 is 0 Å². The molecule has 2 aromatic heterocycles. The number of nitrogens with two attached hydrogens (primary N) is 1. The minimum atomic E-state index is -2.94. The van der Waals surface area contributed by atoms with Gasteiger partial charge in [-0.2, -0.15) is 0 Å². The number of anilines is 2. The van der Waals surface area contributed by atoms with Gasteiger partial charge in [0.1, 0.15) is 18.0 Å². The molecule has 122 valence electrons. The maximum atomic E-state index is 11.7. The van der Waals surface area contributed by atoms with E-state index in [1.165, 1.54) is 6.33 Å². The lowest BCUT2D eigenvalue weighted by molar-refractivity contribution is 0.586. The van der Waals surface area contributed by atoms with Gasteiger partial charge in [-0.05, 0) is 18.6 Å². The van der Waals surface area contributed by atoms with E-state index in [2.05, 4.69) is 15.0 Å². The Labute approximate surface area is 135 Å². The van der Waals surface area contributed by atoms with Crippen LogP contribution >= 0.6 is 0 Å². The van der Waals surface area contributed by atoms with Gasteiger partial charge in [-0.1, -0.05) is 6.92 Å². The van der Waals surface area contributed by atoms with Crippen molar-refractivity contribution in [2.45, 2.75) is 13.3 Å². The second-order valence-electron chi connectivity index (χ2n) is 5.48. The highest BCUT2D eigenvalue weighted by molar-refractivity contribution is 7.91. The van der Waals surface area contributed by atoms with E-state index in [4.69, 9.17) is 5.73 Å². The van der Waals surface area contributed by atoms with Crippen LogP contribution in [0.25, 0.3) is 11.1 Å². The molecule has 0 atom stereocenters. The van der Waals surface area contributed by atoms with E-state index < -0.39 is 9.84 Å². The number of hydrogen-bond acceptors (Lipinski definition) is 7. The molecule has 2 N–H and O–H groups in total. The molecule has 23 heavy (non-hydrogen) atoms. The first kappa shape index (κ1) is 15.7. The van der Waals surface area contributed by atoms with Gasteiger partial charge < -0.3 is 10.6 Å². The Bertz CT molecular complexity index is 791. The van der Waals surface area contributed by atoms with Crippen LogP contribution < -0.4 is 10.6 Å². The lowest BCUT2D eigenvalue weighted by atomic mass is 10.0. The highest BCUT2D eigenvalue weighted by Crippen LogP contribution is 2.32. The number of aromatic nitrogens is 3. The van der Waals surface area contributed by atoms with Gasteiger partial charge in [0.2, 0.25) is 0 Å². The van der Waals surface area contributed by atoms with E-state index in [0.29, 0.717) is 18.9 Å². The first-order valence-electron chi connectivity index (χ1n) is 7.51. The molecular formula is C15H19N5O2S. The molecule has 0 saturated carbocycles. The molecule has 0 spiro atoms. The molecule has 0 amide bonds. The van der Waals surface area contributed by atoms with Crippen molar-refractivity contribution in [1.29, 1.82) is 0 Å². The fourth-order valence-electron chi connectivity index (χ4n) is 2.69. The standard InChI is InChI=1S/C15H19N5O2S/c1-2-12-14(11-3-4-13(16)17-9-11)15(19-10-18-12)20-5-7-23(21,22)8-6-20/h3-4,9-10H,2,5-8H2,1H3,(H2,16,17). The number of rotatable bonds is 3. The summed E-state index contributed by atoms with van der Waals surface area (Å²) >= 11 is 0. The second-order valence-corrected chi connectivity index (χ2v) is 7.79. The maximum Gasteiger partial charge on any atom is 0.153 e. The molecule has 1 aliphatic rings. The fourth-order valence-corrected chi connectivity index (χ4v) is 3.89. The third-order valence-electron chi connectivity index (χ3n) is 3.96. The molecule has 1 saturated heterocycles. The summed E-state index contributed by atoms with van der Waals surface area (Å²) in [6, 6.07) is 3.64. The van der Waals surface area contributed by atoms with E-state index in [0.717, 1.165) is 29.1 Å². The van der Waals surface area contributed by atoms with Crippen molar-refractivity contribution < 1.29 is 8.42 Å². The Morgan fingerprint density at radius 3 is 2.52 bits per heavy atom. The molecule has 3 heterocycles. The van der Waals surface area contributed by atoms with Crippen LogP contribution in [0, 0.1) is 0 Å². The lowest BCUT2D eigenvalue weighted by Crippen LogP contribution is -2.41. The van der Waals surface area contributed by atoms with E-state index in [-0.39, 0.29) is 11.5 Å². The smallest absolute Gasteiger partial charge is 0.153 e. The zero-order valence-corrected chi connectivity index (χ0v) is 13.8. The van der Waals surface area contributed by atoms with Crippen molar-refractivity contribution in [3.8, 4) is 11.1 Å². The van der Waals surface area contributed by atoms with Crippen LogP contribution in [0.1, 0.15) is 12.6 Å². The van der Waals surface area contributed by atoms with Gasteiger partial charge in [0, 0.05) is 30.4 Å². The van der Waals surface area contributed by atoms with Gasteiger partial charge >= 0.3 is 0 Å². The van der Waals surface area contributed by atoms with E-state index in [1.54, 1.807) is 12.3 Å². The SMILES string of the molecule is CCc1ncnc(N2CCS(=O)(=O)CC2)c1-c1ccc(N)nc1. The summed E-state index contributed by atoms with van der Waals surface area (Å²) < 4.78 is 23.3. The molecule has 2 aromatic rings. The Morgan fingerprint density at radius 1 is 1.17 bits per heavy atom. The number of hydrogen-bond donors (Lipinski definition) is 1. The van der Waals surface area contributed by atoms with Crippen LogP contribution in [0.2, 0.25) is 0 Å². The summed E-state index contributed by atoms with van der Waals surface area (Å²) in [4.78, 5) is 14.9. The Kier molecular flexibility index (Phi) is 4.16. The summed E-state index contributed by atoms with van der Waals surface area (Å²) in [6.07, 6.45) is 3.99. The molecule has 0 aliphatic carbocycles. The first-order chi connectivity index (χ1) is 11.0. The number of nitrogen functional groups attached to an aromatic ring is 1. The van der Waals surface area contributed by atoms with Crippen LogP contribution in [0.4, 0.5) is 11.6 Å². The minimum absolute atomic E-state index is 0.151. The molecule has 0 aromatic carbocycles. The first-order valence-corrected chi connectivity index (χ1v) is 9.33. The van der Waals surface area contributed by atoms with Crippen LogP contribution in [-0.4, -0.2) is 48.0 Å². The number of sulfone groups is 1. The van der Waals surface area contributed by atoms with Gasteiger partial charge in [0.15, 0.2) is 9.84 Å². The molecule has 0 radical (unpaired) electrons.